The van der Waals surface area contributed by atoms with Crippen LogP contribution in [0.1, 0.15) is 16.2 Å². The number of fused-ring (bicyclic) bond motifs is 1. The third-order valence-corrected chi connectivity index (χ3v) is 4.16. The summed E-state index contributed by atoms with van der Waals surface area (Å²) in [5.74, 6) is 0.706. The van der Waals surface area contributed by atoms with Crippen LogP contribution in [-0.4, -0.2) is 55.9 Å². The molecule has 2 aromatic rings. The number of carbonyl (C=O) groups excluding carboxylic acids is 1. The number of imidazole rings is 1. The van der Waals surface area contributed by atoms with Crippen LogP contribution in [0.2, 0.25) is 0 Å². The summed E-state index contributed by atoms with van der Waals surface area (Å²) in [6, 6.07) is 7.23. The van der Waals surface area contributed by atoms with Gasteiger partial charge in [-0.1, -0.05) is 0 Å². The minimum atomic E-state index is -0.603. The van der Waals surface area contributed by atoms with Gasteiger partial charge in [0.2, 0.25) is 0 Å². The van der Waals surface area contributed by atoms with E-state index >= 15 is 0 Å². The second-order valence-electron chi connectivity index (χ2n) is 5.81. The molecule has 0 saturated carbocycles. The zero-order valence-corrected chi connectivity index (χ0v) is 14.7. The van der Waals surface area contributed by atoms with E-state index in [2.05, 4.69) is 4.98 Å². The van der Waals surface area contributed by atoms with Crippen molar-refractivity contribution in [2.75, 3.05) is 34.3 Å². The van der Waals surface area contributed by atoms with Crippen molar-refractivity contribution < 1.29 is 28.1 Å². The highest BCUT2D eigenvalue weighted by Gasteiger charge is 2.28. The van der Waals surface area contributed by atoms with Crippen LogP contribution in [0.15, 0.2) is 24.3 Å². The number of aromatic nitrogens is 2. The number of esters is 1. The van der Waals surface area contributed by atoms with E-state index in [1.54, 1.807) is 19.2 Å². The number of halogens is 1. The summed E-state index contributed by atoms with van der Waals surface area (Å²) in [6.07, 6.45) is -0.109. The Morgan fingerprint density at radius 2 is 2.12 bits per heavy atom. The van der Waals surface area contributed by atoms with Crippen molar-refractivity contribution >= 4 is 5.97 Å². The van der Waals surface area contributed by atoms with E-state index in [0.717, 1.165) is 5.56 Å². The molecule has 8 heteroatoms. The van der Waals surface area contributed by atoms with Crippen LogP contribution in [0.25, 0.3) is 11.4 Å². The summed E-state index contributed by atoms with van der Waals surface area (Å²) in [4.78, 5) is 16.6. The summed E-state index contributed by atoms with van der Waals surface area (Å²) < 4.78 is 35.7. The lowest BCUT2D eigenvalue weighted by Crippen LogP contribution is -2.21. The van der Waals surface area contributed by atoms with Gasteiger partial charge in [0, 0.05) is 19.1 Å². The number of nitrogens with zero attached hydrogens (tertiary/aromatic N) is 2. The van der Waals surface area contributed by atoms with Gasteiger partial charge in [-0.15, -0.1) is 0 Å². The second kappa shape index (κ2) is 8.29. The van der Waals surface area contributed by atoms with Crippen LogP contribution >= 0.6 is 0 Å². The van der Waals surface area contributed by atoms with E-state index in [0.29, 0.717) is 30.3 Å². The van der Waals surface area contributed by atoms with Gasteiger partial charge in [-0.2, -0.15) is 0 Å². The fourth-order valence-electron chi connectivity index (χ4n) is 2.92. The predicted octanol–water partition coefficient (Wildman–Crippen LogP) is 2.23. The summed E-state index contributed by atoms with van der Waals surface area (Å²) in [5, 5.41) is 0. The fraction of sp³-hybridized carbons (Fsp3) is 0.444. The molecule has 0 spiro atoms. The Balaban J connectivity index is 2.00. The van der Waals surface area contributed by atoms with E-state index in [1.165, 1.54) is 7.11 Å². The molecule has 0 radical (unpaired) electrons. The van der Waals surface area contributed by atoms with Crippen LogP contribution in [0.3, 0.4) is 0 Å². The van der Waals surface area contributed by atoms with Gasteiger partial charge in [0.25, 0.3) is 0 Å². The smallest absolute Gasteiger partial charge is 0.358 e. The van der Waals surface area contributed by atoms with Gasteiger partial charge in [-0.25, -0.2) is 14.2 Å². The SMILES string of the molecule is COCOc1ccc(-c2nc(C(=O)OC)c3n2C[C@@H](CF)OCC3)cc1. The number of alkyl halides is 1. The molecule has 1 aliphatic heterocycles. The van der Waals surface area contributed by atoms with E-state index in [1.807, 2.05) is 16.7 Å². The average molecular weight is 364 g/mol. The number of carbonyl (C=O) groups is 1. The topological polar surface area (TPSA) is 71.8 Å². The molecule has 0 amide bonds. The molecule has 1 aromatic carbocycles. The summed E-state index contributed by atoms with van der Waals surface area (Å²) in [5.41, 5.74) is 1.72. The van der Waals surface area contributed by atoms with Crippen molar-refractivity contribution in [3.05, 3.63) is 35.7 Å². The molecular formula is C18H21FN2O5. The number of methoxy groups -OCH3 is 2. The van der Waals surface area contributed by atoms with Gasteiger partial charge in [0.1, 0.15) is 24.4 Å². The number of hydrogen-bond acceptors (Lipinski definition) is 6. The molecule has 140 valence electrons. The molecule has 2 heterocycles. The van der Waals surface area contributed by atoms with E-state index in [9.17, 15) is 9.18 Å². The van der Waals surface area contributed by atoms with Gasteiger partial charge in [-0.05, 0) is 24.3 Å². The Bertz CT molecular complexity index is 760. The van der Waals surface area contributed by atoms with Gasteiger partial charge < -0.3 is 23.5 Å². The molecule has 0 saturated heterocycles. The van der Waals surface area contributed by atoms with Crippen molar-refractivity contribution in [2.45, 2.75) is 19.1 Å². The van der Waals surface area contributed by atoms with Crippen molar-refractivity contribution in [1.82, 2.24) is 9.55 Å². The maximum Gasteiger partial charge on any atom is 0.358 e. The van der Waals surface area contributed by atoms with Crippen molar-refractivity contribution in [1.29, 1.82) is 0 Å². The maximum atomic E-state index is 13.2. The minimum absolute atomic E-state index is 0.153. The van der Waals surface area contributed by atoms with Gasteiger partial charge in [-0.3, -0.25) is 0 Å². The first-order valence-corrected chi connectivity index (χ1v) is 8.25. The summed E-state index contributed by atoms with van der Waals surface area (Å²) in [7, 11) is 2.86. The Kier molecular flexibility index (Phi) is 5.85. The summed E-state index contributed by atoms with van der Waals surface area (Å²) >= 11 is 0. The third kappa shape index (κ3) is 3.71. The van der Waals surface area contributed by atoms with Gasteiger partial charge >= 0.3 is 5.97 Å². The number of hydrogen-bond donors (Lipinski definition) is 0. The first kappa shape index (κ1) is 18.3. The number of rotatable bonds is 6. The monoisotopic (exact) mass is 364 g/mol. The van der Waals surface area contributed by atoms with Gasteiger partial charge in [0.15, 0.2) is 12.5 Å². The average Bonchev–Trinajstić information content (AvgIpc) is 2.89. The lowest BCUT2D eigenvalue weighted by atomic mass is 10.2. The van der Waals surface area contributed by atoms with Crippen molar-refractivity contribution in [3.63, 3.8) is 0 Å². The lowest BCUT2D eigenvalue weighted by molar-refractivity contribution is 0.0355. The van der Waals surface area contributed by atoms with Crippen LogP contribution in [0, 0.1) is 0 Å². The molecule has 3 rings (SSSR count). The molecule has 0 fully saturated rings. The number of ether oxygens (including phenoxy) is 4. The van der Waals surface area contributed by atoms with Crippen LogP contribution < -0.4 is 4.74 Å². The Morgan fingerprint density at radius 3 is 2.77 bits per heavy atom. The first-order valence-electron chi connectivity index (χ1n) is 8.25. The molecule has 0 aliphatic carbocycles. The van der Waals surface area contributed by atoms with Crippen molar-refractivity contribution in [3.8, 4) is 17.1 Å². The standard InChI is InChI=1S/C18H21FN2O5/c1-23-11-26-13-5-3-12(4-6-13)17-20-16(18(22)24-2)15-7-8-25-14(9-19)10-21(15)17/h3-6,14H,7-11H2,1-2H3/t14-/m1/s1. The minimum Gasteiger partial charge on any atom is -0.468 e. The van der Waals surface area contributed by atoms with E-state index in [-0.39, 0.29) is 19.0 Å². The van der Waals surface area contributed by atoms with Crippen LogP contribution in [0.5, 0.6) is 5.75 Å². The van der Waals surface area contributed by atoms with E-state index < -0.39 is 18.7 Å². The molecule has 1 atom stereocenters. The third-order valence-electron chi connectivity index (χ3n) is 4.16. The molecular weight excluding hydrogens is 343 g/mol. The largest absolute Gasteiger partial charge is 0.468 e. The molecule has 0 N–H and O–H groups in total. The normalized spacial score (nSPS) is 16.7. The Hall–Kier alpha value is -2.45. The van der Waals surface area contributed by atoms with Gasteiger partial charge in [0.05, 0.1) is 26.0 Å². The molecule has 1 aliphatic rings. The molecule has 1 aromatic heterocycles. The molecule has 0 bridgehead atoms. The molecule has 26 heavy (non-hydrogen) atoms. The Labute approximate surface area is 150 Å². The lowest BCUT2D eigenvalue weighted by Gasteiger charge is -2.14. The highest BCUT2D eigenvalue weighted by Crippen LogP contribution is 2.28. The molecule has 7 nitrogen and oxygen atoms in total. The highest BCUT2D eigenvalue weighted by molar-refractivity contribution is 5.89. The maximum absolute atomic E-state index is 13.2. The zero-order chi connectivity index (χ0) is 18.5. The number of benzene rings is 1. The molecule has 0 unspecified atom stereocenters. The van der Waals surface area contributed by atoms with E-state index in [4.69, 9.17) is 18.9 Å². The van der Waals surface area contributed by atoms with Crippen LogP contribution in [-0.2, 0) is 27.2 Å². The van der Waals surface area contributed by atoms with Crippen LogP contribution in [0.4, 0.5) is 4.39 Å². The Morgan fingerprint density at radius 1 is 1.35 bits per heavy atom. The highest BCUT2D eigenvalue weighted by atomic mass is 19.1. The quantitative estimate of drug-likeness (QED) is 0.578. The van der Waals surface area contributed by atoms with Crippen molar-refractivity contribution in [2.24, 2.45) is 0 Å². The summed E-state index contributed by atoms with van der Waals surface area (Å²) in [6.45, 7) is 0.162. The first-order chi connectivity index (χ1) is 12.7. The second-order valence-corrected chi connectivity index (χ2v) is 5.81. The fourth-order valence-corrected chi connectivity index (χ4v) is 2.92. The zero-order valence-electron chi connectivity index (χ0n) is 14.7. The predicted molar refractivity (Wildman–Crippen MR) is 90.9 cm³/mol.